The fourth-order valence-corrected chi connectivity index (χ4v) is 5.89. The number of carbonyl (C=O) groups is 3. The van der Waals surface area contributed by atoms with Crippen molar-refractivity contribution in [2.45, 2.75) is 49.0 Å². The molecule has 0 saturated carbocycles. The maximum absolute atomic E-state index is 13.2. The number of hydrogen-bond donors (Lipinski definition) is 3. The van der Waals surface area contributed by atoms with Gasteiger partial charge in [-0.05, 0) is 44.2 Å². The van der Waals surface area contributed by atoms with E-state index in [-0.39, 0.29) is 17.2 Å². The topological polar surface area (TPSA) is 156 Å². The zero-order valence-corrected chi connectivity index (χ0v) is 19.6. The number of nitrogens with zero attached hydrogens (tertiary/aromatic N) is 3. The van der Waals surface area contributed by atoms with E-state index >= 15 is 0 Å². The third kappa shape index (κ3) is 5.16. The van der Waals surface area contributed by atoms with Crippen molar-refractivity contribution >= 4 is 39.1 Å². The zero-order chi connectivity index (χ0) is 23.6. The van der Waals surface area contributed by atoms with Crippen LogP contribution in [0.25, 0.3) is 0 Å². The summed E-state index contributed by atoms with van der Waals surface area (Å²) in [5.41, 5.74) is 6.21. The predicted molar refractivity (Wildman–Crippen MR) is 117 cm³/mol. The van der Waals surface area contributed by atoms with E-state index in [1.54, 1.807) is 31.5 Å². The van der Waals surface area contributed by atoms with E-state index < -0.39 is 45.9 Å². The molecule has 0 radical (unpaired) electrons. The molecule has 0 aliphatic carbocycles. The van der Waals surface area contributed by atoms with Crippen molar-refractivity contribution in [3.05, 3.63) is 35.0 Å². The van der Waals surface area contributed by atoms with Crippen LogP contribution in [0.3, 0.4) is 0 Å². The van der Waals surface area contributed by atoms with E-state index in [2.05, 4.69) is 15.1 Å². The lowest BCUT2D eigenvalue weighted by atomic mass is 9.96. The summed E-state index contributed by atoms with van der Waals surface area (Å²) in [7, 11) is -2.12. The lowest BCUT2D eigenvalue weighted by molar-refractivity contribution is -0.131. The van der Waals surface area contributed by atoms with Crippen LogP contribution >= 0.6 is 11.3 Å². The summed E-state index contributed by atoms with van der Waals surface area (Å²) in [5, 5.41) is 8.35. The van der Waals surface area contributed by atoms with Crippen LogP contribution < -0.4 is 15.8 Å². The molecule has 0 bridgehead atoms. The molecule has 1 aliphatic rings. The molecule has 0 unspecified atom stereocenters. The Hall–Kier alpha value is -2.77. The molecule has 4 N–H and O–H groups in total. The first-order chi connectivity index (χ1) is 15.0. The van der Waals surface area contributed by atoms with Crippen LogP contribution in [-0.2, 0) is 26.7 Å². The van der Waals surface area contributed by atoms with Crippen LogP contribution in [0.2, 0.25) is 0 Å². The van der Waals surface area contributed by atoms with E-state index in [4.69, 9.17) is 5.73 Å². The number of aryl methyl sites for hydroxylation is 2. The van der Waals surface area contributed by atoms with Crippen LogP contribution in [0, 0.1) is 6.92 Å². The van der Waals surface area contributed by atoms with Gasteiger partial charge in [0.25, 0.3) is 5.91 Å². The third-order valence-electron chi connectivity index (χ3n) is 5.25. The number of hydrogen-bond acceptors (Lipinski definition) is 7. The highest BCUT2D eigenvalue weighted by atomic mass is 32.2. The smallest absolute Gasteiger partial charge is 0.272 e. The summed E-state index contributed by atoms with van der Waals surface area (Å²) in [6, 6.07) is 2.24. The summed E-state index contributed by atoms with van der Waals surface area (Å²) in [4.78, 5) is 39.0. The summed E-state index contributed by atoms with van der Waals surface area (Å²) in [5.74, 6) is -1.70. The van der Waals surface area contributed by atoms with Gasteiger partial charge in [-0.2, -0.15) is 5.10 Å². The largest absolute Gasteiger partial charge is 0.368 e. The number of piperidine rings is 1. The van der Waals surface area contributed by atoms with Crippen molar-refractivity contribution in [1.29, 1.82) is 0 Å². The molecular weight excluding hydrogens is 456 g/mol. The number of aromatic nitrogens is 2. The molecule has 11 nitrogen and oxygen atoms in total. The average molecular weight is 483 g/mol. The molecule has 1 saturated heterocycles. The minimum atomic E-state index is -3.75. The molecule has 174 valence electrons. The fourth-order valence-electron chi connectivity index (χ4n) is 3.60. The van der Waals surface area contributed by atoms with Gasteiger partial charge >= 0.3 is 0 Å². The molecule has 2 aromatic rings. The van der Waals surface area contributed by atoms with Gasteiger partial charge in [0, 0.05) is 19.6 Å². The van der Waals surface area contributed by atoms with E-state index in [1.807, 2.05) is 0 Å². The van der Waals surface area contributed by atoms with Gasteiger partial charge < -0.3 is 16.0 Å². The fraction of sp³-hybridized carbons (Fsp3) is 0.474. The SMILES string of the molecule is Cc1cc(C(=O)N2CC[C@H](NS(=O)(=O)c3cccs3)C[C@H]2C(=O)N[C@H](C)C(N)=O)n(C)n1. The van der Waals surface area contributed by atoms with Crippen molar-refractivity contribution < 1.29 is 22.8 Å². The minimum Gasteiger partial charge on any atom is -0.368 e. The van der Waals surface area contributed by atoms with E-state index in [9.17, 15) is 22.8 Å². The number of sulfonamides is 1. The van der Waals surface area contributed by atoms with Gasteiger partial charge in [0.15, 0.2) is 0 Å². The summed E-state index contributed by atoms with van der Waals surface area (Å²) >= 11 is 1.09. The Labute approximate surface area is 190 Å². The Balaban J connectivity index is 1.84. The Bertz CT molecular complexity index is 1110. The average Bonchev–Trinajstić information content (AvgIpc) is 3.37. The number of rotatable bonds is 7. The van der Waals surface area contributed by atoms with Crippen molar-refractivity contribution in [2.24, 2.45) is 12.8 Å². The van der Waals surface area contributed by atoms with Gasteiger partial charge in [-0.3, -0.25) is 19.1 Å². The molecular formula is C19H26N6O5S2. The molecule has 1 aliphatic heterocycles. The molecule has 32 heavy (non-hydrogen) atoms. The predicted octanol–water partition coefficient (Wildman–Crippen LogP) is -0.268. The van der Waals surface area contributed by atoms with E-state index in [0.717, 1.165) is 11.3 Å². The summed E-state index contributed by atoms with van der Waals surface area (Å²) in [6.07, 6.45) is 0.368. The number of likely N-dealkylation sites (tertiary alicyclic amines) is 1. The second-order valence-corrected chi connectivity index (χ2v) is 10.6. The van der Waals surface area contributed by atoms with Crippen molar-refractivity contribution in [3.63, 3.8) is 0 Å². The van der Waals surface area contributed by atoms with Crippen LogP contribution in [0.15, 0.2) is 27.8 Å². The van der Waals surface area contributed by atoms with E-state index in [0.29, 0.717) is 17.8 Å². The van der Waals surface area contributed by atoms with Gasteiger partial charge in [0.2, 0.25) is 21.8 Å². The number of amides is 3. The first-order valence-corrected chi connectivity index (χ1v) is 12.3. The molecule has 3 amide bonds. The lowest BCUT2D eigenvalue weighted by Crippen LogP contribution is -2.59. The molecule has 0 spiro atoms. The number of nitrogens with two attached hydrogens (primary N) is 1. The highest BCUT2D eigenvalue weighted by Crippen LogP contribution is 2.24. The highest BCUT2D eigenvalue weighted by Gasteiger charge is 2.39. The van der Waals surface area contributed by atoms with Crippen LogP contribution in [0.4, 0.5) is 0 Å². The molecule has 1 fully saturated rings. The second-order valence-electron chi connectivity index (χ2n) is 7.72. The van der Waals surface area contributed by atoms with E-state index in [1.165, 1.54) is 22.6 Å². The number of nitrogens with one attached hydrogen (secondary N) is 2. The van der Waals surface area contributed by atoms with Crippen molar-refractivity contribution in [3.8, 4) is 0 Å². The molecule has 3 heterocycles. The quantitative estimate of drug-likeness (QED) is 0.493. The van der Waals surface area contributed by atoms with Gasteiger partial charge in [0.05, 0.1) is 5.69 Å². The van der Waals surface area contributed by atoms with Crippen LogP contribution in [-0.4, -0.2) is 65.5 Å². The number of carbonyl (C=O) groups excluding carboxylic acids is 3. The Morgan fingerprint density at radius 2 is 2.06 bits per heavy atom. The molecule has 2 aromatic heterocycles. The first-order valence-electron chi connectivity index (χ1n) is 9.96. The Morgan fingerprint density at radius 1 is 1.34 bits per heavy atom. The van der Waals surface area contributed by atoms with Gasteiger partial charge in [0.1, 0.15) is 22.0 Å². The second kappa shape index (κ2) is 9.38. The third-order valence-corrected chi connectivity index (χ3v) is 8.17. The molecule has 3 rings (SSSR count). The Morgan fingerprint density at radius 3 is 2.62 bits per heavy atom. The first kappa shape index (κ1) is 23.9. The van der Waals surface area contributed by atoms with Crippen molar-refractivity contribution in [2.75, 3.05) is 6.54 Å². The Kier molecular flexibility index (Phi) is 7.00. The maximum atomic E-state index is 13.2. The highest BCUT2D eigenvalue weighted by molar-refractivity contribution is 7.91. The van der Waals surface area contributed by atoms with Crippen LogP contribution in [0.5, 0.6) is 0 Å². The maximum Gasteiger partial charge on any atom is 0.272 e. The van der Waals surface area contributed by atoms with Gasteiger partial charge in [-0.1, -0.05) is 6.07 Å². The minimum absolute atomic E-state index is 0.0461. The van der Waals surface area contributed by atoms with Gasteiger partial charge in [-0.25, -0.2) is 13.1 Å². The number of thiophene rings is 1. The monoisotopic (exact) mass is 482 g/mol. The standard InChI is InChI=1S/C19H26N6O5S2/c1-11-9-15(24(3)22-11)19(28)25-7-6-13(23-32(29,30)16-5-4-8-31-16)10-14(25)18(27)21-12(2)17(20)26/h4-5,8-9,12-14,23H,6-7,10H2,1-3H3,(H2,20,26)(H,21,27)/t12-,13+,14+/m1/s1. The zero-order valence-electron chi connectivity index (χ0n) is 17.9. The number of primary amides is 1. The molecule has 0 aromatic carbocycles. The normalized spacial score (nSPS) is 20.0. The lowest BCUT2D eigenvalue weighted by Gasteiger charge is -2.38. The van der Waals surface area contributed by atoms with Crippen LogP contribution in [0.1, 0.15) is 35.9 Å². The summed E-state index contributed by atoms with van der Waals surface area (Å²) in [6.45, 7) is 3.33. The van der Waals surface area contributed by atoms with Gasteiger partial charge in [-0.15, -0.1) is 11.3 Å². The molecule has 3 atom stereocenters. The summed E-state index contributed by atoms with van der Waals surface area (Å²) < 4.78 is 29.5. The molecule has 13 heteroatoms. The van der Waals surface area contributed by atoms with Crippen molar-refractivity contribution in [1.82, 2.24) is 24.7 Å².